The summed E-state index contributed by atoms with van der Waals surface area (Å²) in [6.45, 7) is 10.9. The number of anilines is 5. The van der Waals surface area contributed by atoms with Gasteiger partial charge in [-0.1, -0.05) is 19.6 Å². The Morgan fingerprint density at radius 2 is 1.64 bits per heavy atom. The number of aromatic nitrogens is 2. The van der Waals surface area contributed by atoms with Gasteiger partial charge in [0, 0.05) is 28.8 Å². The summed E-state index contributed by atoms with van der Waals surface area (Å²) < 4.78 is 6.74. The number of amides is 1. The smallest absolute Gasteiger partial charge is 0.435 e. The van der Waals surface area contributed by atoms with Crippen molar-refractivity contribution in [2.45, 2.75) is 39.7 Å². The zero-order valence-corrected chi connectivity index (χ0v) is 19.3. The third-order valence-corrected chi connectivity index (χ3v) is 4.47. The Hall–Kier alpha value is -4.07. The van der Waals surface area contributed by atoms with E-state index >= 15 is 0 Å². The maximum absolute atomic E-state index is 12.5. The van der Waals surface area contributed by atoms with E-state index in [2.05, 4.69) is 27.6 Å². The van der Waals surface area contributed by atoms with Crippen molar-refractivity contribution >= 4 is 40.6 Å². The van der Waals surface area contributed by atoms with Gasteiger partial charge < -0.3 is 20.7 Å². The molecule has 1 heterocycles. The molecule has 0 saturated carbocycles. The molecule has 33 heavy (non-hydrogen) atoms. The van der Waals surface area contributed by atoms with Gasteiger partial charge in [0.15, 0.2) is 5.82 Å². The molecular formula is C25H29N5O3. The molecule has 3 N–H and O–H groups in total. The highest BCUT2D eigenvalue weighted by Crippen LogP contribution is 2.24. The molecule has 0 aliphatic rings. The maximum atomic E-state index is 12.5. The van der Waals surface area contributed by atoms with Gasteiger partial charge in [-0.3, -0.25) is 4.79 Å². The van der Waals surface area contributed by atoms with Crippen LogP contribution in [0, 0.1) is 0 Å². The number of hydrogen-bond acceptors (Lipinski definition) is 6. The Bertz CT molecular complexity index is 1140. The first-order chi connectivity index (χ1) is 15.7. The minimum absolute atomic E-state index is 0.255. The van der Waals surface area contributed by atoms with Gasteiger partial charge in [0.2, 0.25) is 5.91 Å². The predicted molar refractivity (Wildman–Crippen MR) is 132 cm³/mol. The van der Waals surface area contributed by atoms with E-state index in [1.165, 1.54) is 10.8 Å². The lowest BCUT2D eigenvalue weighted by atomic mass is 10.2. The number of carbonyl (C=O) groups excluding carboxylic acids is 2. The summed E-state index contributed by atoms with van der Waals surface area (Å²) in [5.74, 6) is 0.298. The fourth-order valence-corrected chi connectivity index (χ4v) is 3.02. The zero-order chi connectivity index (χ0) is 24.0. The van der Waals surface area contributed by atoms with Gasteiger partial charge in [-0.05, 0) is 75.7 Å². The summed E-state index contributed by atoms with van der Waals surface area (Å²) in [5, 5.41) is 13.7. The minimum Gasteiger partial charge on any atom is -0.442 e. The van der Waals surface area contributed by atoms with Gasteiger partial charge in [-0.25, -0.2) is 4.79 Å². The molecule has 3 rings (SSSR count). The summed E-state index contributed by atoms with van der Waals surface area (Å²) in [6.07, 6.45) is 1.36. The summed E-state index contributed by atoms with van der Waals surface area (Å²) in [4.78, 5) is 23.9. The van der Waals surface area contributed by atoms with E-state index in [0.29, 0.717) is 17.9 Å². The standard InChI is InChI=1S/C25H29N5O3/c1-6-21-16-22(29-30(21)24(32)33-25(3,4)5)27-20-10-8-9-19(15-20)26-17-11-13-18(14-12-17)28-23(31)7-2/h7-16,26H,2,6H2,1,3-5H3,(H,27,29)(H,28,31). The van der Waals surface area contributed by atoms with E-state index in [4.69, 9.17) is 4.74 Å². The van der Waals surface area contributed by atoms with Gasteiger partial charge in [0.05, 0.1) is 5.69 Å². The molecule has 8 nitrogen and oxygen atoms in total. The number of nitrogens with zero attached hydrogens (tertiary/aromatic N) is 2. The number of nitrogens with one attached hydrogen (secondary N) is 3. The van der Waals surface area contributed by atoms with Crippen LogP contribution in [0.2, 0.25) is 0 Å². The molecule has 0 aliphatic heterocycles. The van der Waals surface area contributed by atoms with Gasteiger partial charge in [0.25, 0.3) is 0 Å². The number of carbonyl (C=O) groups is 2. The molecule has 1 aromatic heterocycles. The van der Waals surface area contributed by atoms with Crippen LogP contribution in [0.1, 0.15) is 33.4 Å². The van der Waals surface area contributed by atoms with Crippen LogP contribution < -0.4 is 16.0 Å². The number of rotatable bonds is 7. The Balaban J connectivity index is 1.71. The Morgan fingerprint density at radius 3 is 2.24 bits per heavy atom. The fraction of sp³-hybridized carbons (Fsp3) is 0.240. The molecule has 0 spiro atoms. The normalized spacial score (nSPS) is 10.9. The van der Waals surface area contributed by atoms with Crippen molar-refractivity contribution in [3.8, 4) is 0 Å². The molecule has 0 bridgehead atoms. The minimum atomic E-state index is -0.600. The topological polar surface area (TPSA) is 97.3 Å². The molecule has 0 unspecified atom stereocenters. The molecule has 8 heteroatoms. The van der Waals surface area contributed by atoms with Crippen molar-refractivity contribution in [1.29, 1.82) is 0 Å². The molecule has 172 valence electrons. The number of aryl methyl sites for hydroxylation is 1. The third kappa shape index (κ3) is 6.70. The lowest BCUT2D eigenvalue weighted by Gasteiger charge is -2.19. The van der Waals surface area contributed by atoms with E-state index in [-0.39, 0.29) is 5.91 Å². The third-order valence-electron chi connectivity index (χ3n) is 4.47. The second kappa shape index (κ2) is 10.0. The lowest BCUT2D eigenvalue weighted by molar-refractivity contribution is -0.111. The van der Waals surface area contributed by atoms with Crippen molar-refractivity contribution < 1.29 is 14.3 Å². The monoisotopic (exact) mass is 447 g/mol. The highest BCUT2D eigenvalue weighted by Gasteiger charge is 2.21. The first-order valence-electron chi connectivity index (χ1n) is 10.7. The SMILES string of the molecule is C=CC(=O)Nc1ccc(Nc2cccc(Nc3cc(CC)n(C(=O)OC(C)(C)C)n3)c2)cc1. The van der Waals surface area contributed by atoms with Gasteiger partial charge in [-0.2, -0.15) is 4.68 Å². The molecule has 0 atom stereocenters. The Labute approximate surface area is 193 Å². The van der Waals surface area contributed by atoms with Crippen molar-refractivity contribution in [1.82, 2.24) is 9.78 Å². The summed E-state index contributed by atoms with van der Waals surface area (Å²) in [7, 11) is 0. The van der Waals surface area contributed by atoms with Crippen molar-refractivity contribution in [3.05, 3.63) is 72.9 Å². The van der Waals surface area contributed by atoms with Crippen molar-refractivity contribution in [2.75, 3.05) is 16.0 Å². The van der Waals surface area contributed by atoms with Crippen LogP contribution in [-0.4, -0.2) is 27.4 Å². The largest absolute Gasteiger partial charge is 0.442 e. The van der Waals surface area contributed by atoms with E-state index in [0.717, 1.165) is 22.8 Å². The van der Waals surface area contributed by atoms with Crippen LogP contribution in [0.5, 0.6) is 0 Å². The molecule has 2 aromatic carbocycles. The van der Waals surface area contributed by atoms with Crippen LogP contribution in [-0.2, 0) is 16.0 Å². The predicted octanol–water partition coefficient (Wildman–Crippen LogP) is 5.84. The Morgan fingerprint density at radius 1 is 1.00 bits per heavy atom. The van der Waals surface area contributed by atoms with Crippen LogP contribution in [0.25, 0.3) is 0 Å². The second-order valence-corrected chi connectivity index (χ2v) is 8.37. The molecule has 0 radical (unpaired) electrons. The number of benzene rings is 2. The average Bonchev–Trinajstić information content (AvgIpc) is 3.17. The Kier molecular flexibility index (Phi) is 7.17. The highest BCUT2D eigenvalue weighted by molar-refractivity contribution is 5.98. The van der Waals surface area contributed by atoms with E-state index in [9.17, 15) is 9.59 Å². The molecule has 1 amide bonds. The molecular weight excluding hydrogens is 418 g/mol. The van der Waals surface area contributed by atoms with Crippen molar-refractivity contribution in [3.63, 3.8) is 0 Å². The fourth-order valence-electron chi connectivity index (χ4n) is 3.02. The highest BCUT2D eigenvalue weighted by atomic mass is 16.6. The van der Waals surface area contributed by atoms with Gasteiger partial charge in [0.1, 0.15) is 5.60 Å². The first kappa shape index (κ1) is 23.6. The van der Waals surface area contributed by atoms with Gasteiger partial charge in [-0.15, -0.1) is 5.10 Å². The lowest BCUT2D eigenvalue weighted by Crippen LogP contribution is -2.28. The number of ether oxygens (including phenoxy) is 1. The van der Waals surface area contributed by atoms with Gasteiger partial charge >= 0.3 is 6.09 Å². The second-order valence-electron chi connectivity index (χ2n) is 8.37. The number of hydrogen-bond donors (Lipinski definition) is 3. The van der Waals surface area contributed by atoms with Crippen LogP contribution in [0.3, 0.4) is 0 Å². The van der Waals surface area contributed by atoms with E-state index in [1.807, 2.05) is 70.2 Å². The summed E-state index contributed by atoms with van der Waals surface area (Å²) in [6, 6.07) is 16.9. The van der Waals surface area contributed by atoms with Crippen LogP contribution >= 0.6 is 0 Å². The molecule has 0 saturated heterocycles. The molecule has 3 aromatic rings. The van der Waals surface area contributed by atoms with Crippen molar-refractivity contribution in [2.24, 2.45) is 0 Å². The quantitative estimate of drug-likeness (QED) is 0.394. The first-order valence-corrected chi connectivity index (χ1v) is 10.7. The molecule has 0 fully saturated rings. The molecule has 0 aliphatic carbocycles. The summed E-state index contributed by atoms with van der Waals surface area (Å²) in [5.41, 5.74) is 3.39. The zero-order valence-electron chi connectivity index (χ0n) is 19.3. The summed E-state index contributed by atoms with van der Waals surface area (Å²) >= 11 is 0. The van der Waals surface area contributed by atoms with Crippen LogP contribution in [0.4, 0.5) is 33.4 Å². The average molecular weight is 448 g/mol. The van der Waals surface area contributed by atoms with E-state index < -0.39 is 11.7 Å². The maximum Gasteiger partial charge on any atom is 0.435 e. The van der Waals surface area contributed by atoms with E-state index in [1.54, 1.807) is 12.1 Å². The van der Waals surface area contributed by atoms with Crippen LogP contribution in [0.15, 0.2) is 67.3 Å².